The first kappa shape index (κ1) is 23.9. The maximum Gasteiger partial charge on any atom is 0.269 e. The van der Waals surface area contributed by atoms with E-state index < -0.39 is 0 Å². The molecule has 1 amide bonds. The fourth-order valence-corrected chi connectivity index (χ4v) is 3.17. The summed E-state index contributed by atoms with van der Waals surface area (Å²) in [6.07, 6.45) is 0. The van der Waals surface area contributed by atoms with Gasteiger partial charge in [-0.25, -0.2) is 0 Å². The van der Waals surface area contributed by atoms with Gasteiger partial charge in [-0.3, -0.25) is 15.6 Å². The molecule has 0 saturated heterocycles. The van der Waals surface area contributed by atoms with E-state index in [0.717, 1.165) is 22.6 Å². The lowest BCUT2D eigenvalue weighted by Crippen LogP contribution is -2.35. The fourth-order valence-electron chi connectivity index (χ4n) is 3.17. The molecule has 0 radical (unpaired) electrons. The Kier molecular flexibility index (Phi) is 7.78. The average Bonchev–Trinajstić information content (AvgIpc) is 2.82. The number of carbonyl (C=O) groups is 1. The SMILES string of the molecule is C=C(NNC(=O)c1ccc(COc2ccc(OCC)cc2)cc1)c1ccc(C(C)(C)C)cc1. The summed E-state index contributed by atoms with van der Waals surface area (Å²) in [5.74, 6) is 1.35. The smallest absolute Gasteiger partial charge is 0.269 e. The number of nitrogens with one attached hydrogen (secondary N) is 2. The zero-order valence-corrected chi connectivity index (χ0v) is 19.8. The van der Waals surface area contributed by atoms with E-state index in [4.69, 9.17) is 9.47 Å². The van der Waals surface area contributed by atoms with Crippen molar-refractivity contribution in [2.75, 3.05) is 6.61 Å². The van der Waals surface area contributed by atoms with E-state index in [1.165, 1.54) is 5.56 Å². The van der Waals surface area contributed by atoms with E-state index in [9.17, 15) is 4.79 Å². The molecule has 3 aromatic rings. The molecule has 172 valence electrons. The zero-order valence-electron chi connectivity index (χ0n) is 19.8. The Morgan fingerprint density at radius 1 is 0.788 bits per heavy atom. The van der Waals surface area contributed by atoms with E-state index in [2.05, 4.69) is 50.3 Å². The predicted octanol–water partition coefficient (Wildman–Crippen LogP) is 5.87. The second-order valence-electron chi connectivity index (χ2n) is 8.78. The van der Waals surface area contributed by atoms with Gasteiger partial charge >= 0.3 is 0 Å². The molecule has 5 nitrogen and oxygen atoms in total. The minimum atomic E-state index is -0.235. The van der Waals surface area contributed by atoms with E-state index in [1.54, 1.807) is 12.1 Å². The van der Waals surface area contributed by atoms with Crippen molar-refractivity contribution in [3.05, 3.63) is 102 Å². The van der Waals surface area contributed by atoms with Crippen LogP contribution in [0.1, 0.15) is 54.7 Å². The Morgan fingerprint density at radius 3 is 1.88 bits per heavy atom. The maximum absolute atomic E-state index is 12.5. The Labute approximate surface area is 196 Å². The minimum Gasteiger partial charge on any atom is -0.494 e. The molecule has 0 atom stereocenters. The van der Waals surface area contributed by atoms with Crippen LogP contribution in [0.4, 0.5) is 0 Å². The Morgan fingerprint density at radius 2 is 1.33 bits per heavy atom. The second-order valence-corrected chi connectivity index (χ2v) is 8.78. The van der Waals surface area contributed by atoms with Crippen LogP contribution >= 0.6 is 0 Å². The first-order chi connectivity index (χ1) is 15.8. The molecule has 0 unspecified atom stereocenters. The van der Waals surface area contributed by atoms with Crippen LogP contribution in [-0.4, -0.2) is 12.5 Å². The van der Waals surface area contributed by atoms with Crippen LogP contribution in [0, 0.1) is 0 Å². The number of hydrazine groups is 1. The molecule has 2 N–H and O–H groups in total. The van der Waals surface area contributed by atoms with Gasteiger partial charge in [-0.1, -0.05) is 63.7 Å². The molecule has 0 heterocycles. The molecule has 0 aliphatic rings. The highest BCUT2D eigenvalue weighted by Crippen LogP contribution is 2.23. The third kappa shape index (κ3) is 6.88. The topological polar surface area (TPSA) is 59.6 Å². The Hall–Kier alpha value is -3.73. The lowest BCUT2D eigenvalue weighted by Gasteiger charge is -2.19. The van der Waals surface area contributed by atoms with Gasteiger partial charge in [0.15, 0.2) is 0 Å². The molecule has 0 bridgehead atoms. The number of ether oxygens (including phenoxy) is 2. The summed E-state index contributed by atoms with van der Waals surface area (Å²) >= 11 is 0. The van der Waals surface area contributed by atoms with Crippen LogP contribution in [0.2, 0.25) is 0 Å². The van der Waals surface area contributed by atoms with Crippen molar-refractivity contribution < 1.29 is 14.3 Å². The molecule has 3 aromatic carbocycles. The highest BCUT2D eigenvalue weighted by molar-refractivity contribution is 5.94. The van der Waals surface area contributed by atoms with Gasteiger partial charge in [0.1, 0.15) is 18.1 Å². The number of rotatable bonds is 9. The summed E-state index contributed by atoms with van der Waals surface area (Å²) in [5.41, 5.74) is 10.0. The van der Waals surface area contributed by atoms with Crippen molar-refractivity contribution in [3.8, 4) is 11.5 Å². The number of hydrogen-bond acceptors (Lipinski definition) is 4. The second kappa shape index (κ2) is 10.7. The Bertz CT molecular complexity index is 1060. The maximum atomic E-state index is 12.5. The average molecular weight is 445 g/mol. The van der Waals surface area contributed by atoms with Gasteiger partial charge in [0.25, 0.3) is 5.91 Å². The summed E-state index contributed by atoms with van der Waals surface area (Å²) in [4.78, 5) is 12.5. The minimum absolute atomic E-state index is 0.0902. The predicted molar refractivity (Wildman–Crippen MR) is 133 cm³/mol. The van der Waals surface area contributed by atoms with Crippen LogP contribution in [-0.2, 0) is 12.0 Å². The molecule has 0 aliphatic heterocycles. The normalized spacial score (nSPS) is 10.9. The molecule has 33 heavy (non-hydrogen) atoms. The summed E-state index contributed by atoms with van der Waals surface area (Å²) < 4.78 is 11.2. The number of hydrogen-bond donors (Lipinski definition) is 2. The first-order valence-corrected chi connectivity index (χ1v) is 11.1. The van der Waals surface area contributed by atoms with Gasteiger partial charge in [-0.15, -0.1) is 0 Å². The van der Waals surface area contributed by atoms with Crippen molar-refractivity contribution in [2.45, 2.75) is 39.7 Å². The zero-order chi connectivity index (χ0) is 23.8. The lowest BCUT2D eigenvalue weighted by atomic mass is 9.86. The molecular weight excluding hydrogens is 412 g/mol. The fraction of sp³-hybridized carbons (Fsp3) is 0.250. The van der Waals surface area contributed by atoms with Gasteiger partial charge in [0, 0.05) is 5.56 Å². The summed E-state index contributed by atoms with van der Waals surface area (Å²) in [6.45, 7) is 13.5. The van der Waals surface area contributed by atoms with Gasteiger partial charge in [0.2, 0.25) is 0 Å². The largest absolute Gasteiger partial charge is 0.494 e. The van der Waals surface area contributed by atoms with Crippen molar-refractivity contribution in [3.63, 3.8) is 0 Å². The standard InChI is InChI=1S/C28H32N2O3/c1-6-32-25-15-17-26(18-16-25)33-19-21-7-9-23(10-8-21)27(31)30-29-20(2)22-11-13-24(14-12-22)28(3,4)5/h7-18,29H,2,6,19H2,1,3-5H3,(H,30,31). The first-order valence-electron chi connectivity index (χ1n) is 11.1. The summed E-state index contributed by atoms with van der Waals surface area (Å²) in [7, 11) is 0. The molecular formula is C28H32N2O3. The highest BCUT2D eigenvalue weighted by atomic mass is 16.5. The molecule has 0 aromatic heterocycles. The molecule has 5 heteroatoms. The van der Waals surface area contributed by atoms with Gasteiger partial charge in [-0.05, 0) is 65.4 Å². The van der Waals surface area contributed by atoms with E-state index in [0.29, 0.717) is 24.5 Å². The van der Waals surface area contributed by atoms with E-state index >= 15 is 0 Å². The van der Waals surface area contributed by atoms with Crippen LogP contribution < -0.4 is 20.3 Å². The van der Waals surface area contributed by atoms with E-state index in [-0.39, 0.29) is 11.3 Å². The quantitative estimate of drug-likeness (QED) is 0.406. The number of benzene rings is 3. The van der Waals surface area contributed by atoms with Crippen LogP contribution in [0.15, 0.2) is 79.4 Å². The molecule has 0 spiro atoms. The van der Waals surface area contributed by atoms with Crippen molar-refractivity contribution in [1.82, 2.24) is 10.9 Å². The molecule has 0 fully saturated rings. The molecule has 3 rings (SSSR count). The van der Waals surface area contributed by atoms with Gasteiger partial charge in [-0.2, -0.15) is 0 Å². The van der Waals surface area contributed by atoms with Gasteiger partial charge in [0.05, 0.1) is 12.3 Å². The highest BCUT2D eigenvalue weighted by Gasteiger charge is 2.13. The van der Waals surface area contributed by atoms with Gasteiger partial charge < -0.3 is 9.47 Å². The van der Waals surface area contributed by atoms with Crippen molar-refractivity contribution in [2.24, 2.45) is 0 Å². The van der Waals surface area contributed by atoms with E-state index in [1.807, 2.05) is 55.5 Å². The van der Waals surface area contributed by atoms with Crippen LogP contribution in [0.25, 0.3) is 5.70 Å². The van der Waals surface area contributed by atoms with Crippen LogP contribution in [0.3, 0.4) is 0 Å². The van der Waals surface area contributed by atoms with Crippen molar-refractivity contribution >= 4 is 11.6 Å². The summed E-state index contributed by atoms with van der Waals surface area (Å²) in [5, 5.41) is 0. The Balaban J connectivity index is 1.49. The third-order valence-electron chi connectivity index (χ3n) is 5.18. The lowest BCUT2D eigenvalue weighted by molar-refractivity contribution is 0.0942. The summed E-state index contributed by atoms with van der Waals surface area (Å²) in [6, 6.07) is 23.0. The monoisotopic (exact) mass is 444 g/mol. The molecule has 0 aliphatic carbocycles. The van der Waals surface area contributed by atoms with Crippen LogP contribution in [0.5, 0.6) is 11.5 Å². The number of amides is 1. The third-order valence-corrected chi connectivity index (χ3v) is 5.18. The van der Waals surface area contributed by atoms with Crippen molar-refractivity contribution in [1.29, 1.82) is 0 Å². The number of carbonyl (C=O) groups excluding carboxylic acids is 1. The molecule has 0 saturated carbocycles.